The number of carbonyl (C=O) groups excluding carboxylic acids is 1. The highest BCUT2D eigenvalue weighted by Crippen LogP contribution is 2.27. The van der Waals surface area contributed by atoms with Crippen LogP contribution in [0.15, 0.2) is 24.3 Å². The average Bonchev–Trinajstić information content (AvgIpc) is 3.20. The summed E-state index contributed by atoms with van der Waals surface area (Å²) >= 11 is 0. The number of hydrogen-bond donors (Lipinski definition) is 2. The van der Waals surface area contributed by atoms with Gasteiger partial charge in [0.05, 0.1) is 11.3 Å². The van der Waals surface area contributed by atoms with Crippen LogP contribution in [0.1, 0.15) is 18.4 Å². The SMILES string of the molecule is N#Cc1ccccc1NC(=O)N(CC(=O)O)C1CC1. The van der Waals surface area contributed by atoms with E-state index >= 15 is 0 Å². The fraction of sp³-hybridized carbons (Fsp3) is 0.308. The number of urea groups is 1. The van der Waals surface area contributed by atoms with Crippen LogP contribution in [0.2, 0.25) is 0 Å². The molecule has 0 aliphatic heterocycles. The lowest BCUT2D eigenvalue weighted by atomic mass is 10.2. The van der Waals surface area contributed by atoms with Crippen molar-refractivity contribution in [3.63, 3.8) is 0 Å². The van der Waals surface area contributed by atoms with Crippen molar-refractivity contribution >= 4 is 17.7 Å². The van der Waals surface area contributed by atoms with Gasteiger partial charge in [0.2, 0.25) is 0 Å². The van der Waals surface area contributed by atoms with Crippen LogP contribution in [0.25, 0.3) is 0 Å². The van der Waals surface area contributed by atoms with E-state index in [1.165, 1.54) is 4.90 Å². The summed E-state index contributed by atoms with van der Waals surface area (Å²) in [6.07, 6.45) is 1.64. The van der Waals surface area contributed by atoms with E-state index in [1.54, 1.807) is 24.3 Å². The Morgan fingerprint density at radius 2 is 2.11 bits per heavy atom. The first kappa shape index (κ1) is 12.9. The van der Waals surface area contributed by atoms with Crippen molar-refractivity contribution in [2.45, 2.75) is 18.9 Å². The smallest absolute Gasteiger partial charge is 0.323 e. The van der Waals surface area contributed by atoms with Crippen LogP contribution in [0, 0.1) is 11.3 Å². The number of hydrogen-bond acceptors (Lipinski definition) is 3. The zero-order chi connectivity index (χ0) is 13.8. The highest BCUT2D eigenvalue weighted by atomic mass is 16.4. The molecule has 0 heterocycles. The van der Waals surface area contributed by atoms with E-state index in [2.05, 4.69) is 5.32 Å². The van der Waals surface area contributed by atoms with Gasteiger partial charge in [-0.1, -0.05) is 12.1 Å². The molecule has 19 heavy (non-hydrogen) atoms. The summed E-state index contributed by atoms with van der Waals surface area (Å²) in [6, 6.07) is 8.09. The molecule has 1 aromatic rings. The van der Waals surface area contributed by atoms with Crippen molar-refractivity contribution in [3.05, 3.63) is 29.8 Å². The van der Waals surface area contributed by atoms with E-state index in [-0.39, 0.29) is 12.6 Å². The summed E-state index contributed by atoms with van der Waals surface area (Å²) in [7, 11) is 0. The molecule has 1 fully saturated rings. The minimum absolute atomic E-state index is 0.00894. The number of carboxylic acid groups (broad SMARTS) is 1. The quantitative estimate of drug-likeness (QED) is 0.859. The third kappa shape index (κ3) is 3.22. The first-order valence-corrected chi connectivity index (χ1v) is 5.90. The minimum Gasteiger partial charge on any atom is -0.480 e. The first-order chi connectivity index (χ1) is 9.11. The molecule has 2 amide bonds. The molecule has 1 aliphatic carbocycles. The fourth-order valence-corrected chi connectivity index (χ4v) is 1.78. The lowest BCUT2D eigenvalue weighted by molar-refractivity contribution is -0.137. The molecule has 0 saturated heterocycles. The monoisotopic (exact) mass is 259 g/mol. The number of carbonyl (C=O) groups is 2. The predicted octanol–water partition coefficient (Wildman–Crippen LogP) is 1.64. The molecule has 1 aliphatic rings. The maximum atomic E-state index is 12.0. The summed E-state index contributed by atoms with van der Waals surface area (Å²) in [4.78, 5) is 24.1. The van der Waals surface area contributed by atoms with Crippen LogP contribution >= 0.6 is 0 Å². The Hall–Kier alpha value is -2.55. The predicted molar refractivity (Wildman–Crippen MR) is 67.5 cm³/mol. The second-order valence-corrected chi connectivity index (χ2v) is 4.34. The molecule has 0 unspecified atom stereocenters. The highest BCUT2D eigenvalue weighted by molar-refractivity contribution is 5.93. The number of para-hydroxylation sites is 1. The third-order valence-corrected chi connectivity index (χ3v) is 2.84. The number of anilines is 1. The molecule has 0 spiro atoms. The van der Waals surface area contributed by atoms with Gasteiger partial charge in [0.1, 0.15) is 12.6 Å². The van der Waals surface area contributed by atoms with Gasteiger partial charge in [-0.05, 0) is 25.0 Å². The maximum absolute atomic E-state index is 12.0. The van der Waals surface area contributed by atoms with Crippen molar-refractivity contribution < 1.29 is 14.7 Å². The molecule has 2 rings (SSSR count). The lowest BCUT2D eigenvalue weighted by Crippen LogP contribution is -2.40. The van der Waals surface area contributed by atoms with E-state index in [0.717, 1.165) is 12.8 Å². The first-order valence-electron chi connectivity index (χ1n) is 5.90. The summed E-state index contributed by atoms with van der Waals surface area (Å²) < 4.78 is 0. The van der Waals surface area contributed by atoms with E-state index < -0.39 is 12.0 Å². The molecule has 0 bridgehead atoms. The number of carboxylic acids is 1. The van der Waals surface area contributed by atoms with Crippen LogP contribution in [-0.2, 0) is 4.79 Å². The Kier molecular flexibility index (Phi) is 3.66. The van der Waals surface area contributed by atoms with Gasteiger partial charge in [0.15, 0.2) is 0 Å². The molecule has 0 aromatic heterocycles. The molecule has 1 saturated carbocycles. The van der Waals surface area contributed by atoms with Gasteiger partial charge in [0.25, 0.3) is 0 Å². The molecular formula is C13H13N3O3. The normalized spacial score (nSPS) is 13.4. The molecule has 6 heteroatoms. The topological polar surface area (TPSA) is 93.4 Å². The molecule has 6 nitrogen and oxygen atoms in total. The molecule has 2 N–H and O–H groups in total. The van der Waals surface area contributed by atoms with Crippen LogP contribution in [0.5, 0.6) is 0 Å². The Morgan fingerprint density at radius 1 is 1.42 bits per heavy atom. The van der Waals surface area contributed by atoms with Gasteiger partial charge < -0.3 is 15.3 Å². The van der Waals surface area contributed by atoms with Crippen molar-refractivity contribution in [1.82, 2.24) is 4.90 Å². The van der Waals surface area contributed by atoms with Crippen molar-refractivity contribution in [2.75, 3.05) is 11.9 Å². The van der Waals surface area contributed by atoms with E-state index in [1.807, 2.05) is 6.07 Å². The van der Waals surface area contributed by atoms with Crippen LogP contribution < -0.4 is 5.32 Å². The zero-order valence-electron chi connectivity index (χ0n) is 10.2. The van der Waals surface area contributed by atoms with Crippen molar-refractivity contribution in [3.8, 4) is 6.07 Å². The van der Waals surface area contributed by atoms with Crippen molar-refractivity contribution in [2.24, 2.45) is 0 Å². The molecule has 1 aromatic carbocycles. The summed E-state index contributed by atoms with van der Waals surface area (Å²) in [5, 5.41) is 20.3. The average molecular weight is 259 g/mol. The second-order valence-electron chi connectivity index (χ2n) is 4.34. The van der Waals surface area contributed by atoms with E-state index in [0.29, 0.717) is 11.3 Å². The Morgan fingerprint density at radius 3 is 2.68 bits per heavy atom. The number of nitrogens with one attached hydrogen (secondary N) is 1. The van der Waals surface area contributed by atoms with Gasteiger partial charge in [-0.2, -0.15) is 5.26 Å². The Bertz CT molecular complexity index is 546. The third-order valence-electron chi connectivity index (χ3n) is 2.84. The summed E-state index contributed by atoms with van der Waals surface area (Å²) in [6.45, 7) is -0.328. The minimum atomic E-state index is -1.05. The van der Waals surface area contributed by atoms with Crippen LogP contribution in [0.4, 0.5) is 10.5 Å². The maximum Gasteiger partial charge on any atom is 0.323 e. The Balaban J connectivity index is 2.10. The lowest BCUT2D eigenvalue weighted by Gasteiger charge is -2.21. The largest absolute Gasteiger partial charge is 0.480 e. The molecular weight excluding hydrogens is 246 g/mol. The van der Waals surface area contributed by atoms with Crippen molar-refractivity contribution in [1.29, 1.82) is 5.26 Å². The second kappa shape index (κ2) is 5.40. The number of benzene rings is 1. The highest BCUT2D eigenvalue weighted by Gasteiger charge is 2.34. The van der Waals surface area contributed by atoms with Gasteiger partial charge in [-0.3, -0.25) is 4.79 Å². The number of rotatable bonds is 4. The zero-order valence-corrected chi connectivity index (χ0v) is 10.2. The van der Waals surface area contributed by atoms with E-state index in [9.17, 15) is 9.59 Å². The summed E-state index contributed by atoms with van der Waals surface area (Å²) in [5.41, 5.74) is 0.743. The number of nitrogens with zero attached hydrogens (tertiary/aromatic N) is 2. The number of amides is 2. The van der Waals surface area contributed by atoms with Gasteiger partial charge in [-0.15, -0.1) is 0 Å². The van der Waals surface area contributed by atoms with Crippen LogP contribution in [0.3, 0.4) is 0 Å². The standard InChI is InChI=1S/C13H13N3O3/c14-7-9-3-1-2-4-11(9)15-13(19)16(8-12(17)18)10-5-6-10/h1-4,10H,5-6,8H2,(H,15,19)(H,17,18). The molecule has 98 valence electrons. The molecule has 0 atom stereocenters. The Labute approximate surface area is 110 Å². The van der Waals surface area contributed by atoms with Gasteiger partial charge in [-0.25, -0.2) is 4.79 Å². The molecule has 0 radical (unpaired) electrons. The summed E-state index contributed by atoms with van der Waals surface area (Å²) in [5.74, 6) is -1.05. The van der Waals surface area contributed by atoms with E-state index in [4.69, 9.17) is 10.4 Å². The van der Waals surface area contributed by atoms with Gasteiger partial charge in [0, 0.05) is 6.04 Å². The number of nitriles is 1. The fourth-order valence-electron chi connectivity index (χ4n) is 1.78. The van der Waals surface area contributed by atoms with Crippen LogP contribution in [-0.4, -0.2) is 34.6 Å². The number of aliphatic carboxylic acids is 1. The van der Waals surface area contributed by atoms with Gasteiger partial charge >= 0.3 is 12.0 Å².